The molecule has 1 atom stereocenters. The van der Waals surface area contributed by atoms with Gasteiger partial charge in [0, 0.05) is 19.5 Å². The van der Waals surface area contributed by atoms with Crippen molar-refractivity contribution in [1.29, 1.82) is 0 Å². The van der Waals surface area contributed by atoms with Crippen LogP contribution < -0.4 is 5.32 Å². The molecule has 0 saturated carbocycles. The minimum atomic E-state index is -0.994. The van der Waals surface area contributed by atoms with Crippen molar-refractivity contribution < 1.29 is 19.8 Å². The van der Waals surface area contributed by atoms with Gasteiger partial charge in [-0.3, -0.25) is 9.59 Å². The van der Waals surface area contributed by atoms with E-state index in [1.54, 1.807) is 11.8 Å². The summed E-state index contributed by atoms with van der Waals surface area (Å²) in [5, 5.41) is 21.4. The normalized spacial score (nSPS) is 19.8. The largest absolute Gasteiger partial charge is 0.394 e. The third-order valence-corrected chi connectivity index (χ3v) is 3.84. The lowest BCUT2D eigenvalue weighted by atomic mass is 9.96. The molecule has 1 aliphatic rings. The first kappa shape index (κ1) is 16.9. The van der Waals surface area contributed by atoms with E-state index in [-0.39, 0.29) is 31.4 Å². The molecule has 0 radical (unpaired) electrons. The van der Waals surface area contributed by atoms with Crippen molar-refractivity contribution in [3.05, 3.63) is 0 Å². The third kappa shape index (κ3) is 3.93. The molecule has 2 amide bonds. The fourth-order valence-corrected chi connectivity index (χ4v) is 2.37. The summed E-state index contributed by atoms with van der Waals surface area (Å²) in [6.07, 6.45) is 0.636. The molecule has 20 heavy (non-hydrogen) atoms. The molecule has 0 spiro atoms. The smallest absolute Gasteiger partial charge is 0.226 e. The molecule has 0 aromatic carbocycles. The van der Waals surface area contributed by atoms with E-state index in [2.05, 4.69) is 5.32 Å². The molecule has 1 aliphatic heterocycles. The summed E-state index contributed by atoms with van der Waals surface area (Å²) >= 11 is 0. The number of aliphatic hydroxyl groups is 2. The van der Waals surface area contributed by atoms with Crippen LogP contribution in [-0.2, 0) is 9.59 Å². The second-order valence-corrected chi connectivity index (χ2v) is 6.03. The zero-order chi connectivity index (χ0) is 15.3. The van der Waals surface area contributed by atoms with E-state index in [1.165, 1.54) is 0 Å². The highest BCUT2D eigenvalue weighted by Crippen LogP contribution is 2.20. The predicted molar refractivity (Wildman–Crippen MR) is 74.9 cm³/mol. The number of carbonyl (C=O) groups excluding carboxylic acids is 2. The average Bonchev–Trinajstić information content (AvgIpc) is 2.77. The topological polar surface area (TPSA) is 89.9 Å². The van der Waals surface area contributed by atoms with Crippen LogP contribution in [0.3, 0.4) is 0 Å². The SMILES string of the molecule is CCC(CO)(CO)NC(=O)C1CC(=O)N(CC(C)C)C1. The van der Waals surface area contributed by atoms with Gasteiger partial charge in [0.05, 0.1) is 24.7 Å². The van der Waals surface area contributed by atoms with Crippen LogP contribution in [0.5, 0.6) is 0 Å². The number of nitrogens with zero attached hydrogens (tertiary/aromatic N) is 1. The van der Waals surface area contributed by atoms with Crippen molar-refractivity contribution >= 4 is 11.8 Å². The van der Waals surface area contributed by atoms with Crippen LogP contribution >= 0.6 is 0 Å². The molecule has 0 bridgehead atoms. The zero-order valence-electron chi connectivity index (χ0n) is 12.6. The average molecular weight is 286 g/mol. The molecule has 1 saturated heterocycles. The summed E-state index contributed by atoms with van der Waals surface area (Å²) in [7, 11) is 0. The predicted octanol–water partition coefficient (Wildman–Crippen LogP) is -0.259. The van der Waals surface area contributed by atoms with Crippen LogP contribution in [0.4, 0.5) is 0 Å². The molecule has 0 aliphatic carbocycles. The second kappa shape index (κ2) is 7.04. The van der Waals surface area contributed by atoms with Gasteiger partial charge < -0.3 is 20.4 Å². The first-order chi connectivity index (χ1) is 9.37. The van der Waals surface area contributed by atoms with Crippen molar-refractivity contribution in [2.45, 2.75) is 39.2 Å². The van der Waals surface area contributed by atoms with Crippen LogP contribution in [-0.4, -0.2) is 58.8 Å². The number of rotatable bonds is 7. The Morgan fingerprint density at radius 2 is 2.05 bits per heavy atom. The minimum absolute atomic E-state index is 0.00561. The highest BCUT2D eigenvalue weighted by atomic mass is 16.3. The monoisotopic (exact) mass is 286 g/mol. The van der Waals surface area contributed by atoms with Gasteiger partial charge in [-0.25, -0.2) is 0 Å². The molecule has 6 heteroatoms. The summed E-state index contributed by atoms with van der Waals surface area (Å²) in [5.41, 5.74) is -0.994. The Kier molecular flexibility index (Phi) is 5.95. The lowest BCUT2D eigenvalue weighted by Crippen LogP contribution is -2.55. The minimum Gasteiger partial charge on any atom is -0.394 e. The van der Waals surface area contributed by atoms with Gasteiger partial charge in [0.15, 0.2) is 0 Å². The molecular formula is C14H26N2O4. The highest BCUT2D eigenvalue weighted by Gasteiger charge is 2.37. The summed E-state index contributed by atoms with van der Waals surface area (Å²) in [6, 6.07) is 0. The van der Waals surface area contributed by atoms with Crippen LogP contribution in [0.25, 0.3) is 0 Å². The molecule has 1 rings (SSSR count). The first-order valence-electron chi connectivity index (χ1n) is 7.19. The van der Waals surface area contributed by atoms with Crippen LogP contribution in [0.15, 0.2) is 0 Å². The maximum absolute atomic E-state index is 12.2. The van der Waals surface area contributed by atoms with Crippen molar-refractivity contribution in [2.24, 2.45) is 11.8 Å². The molecule has 0 aromatic heterocycles. The molecule has 1 unspecified atom stereocenters. The molecular weight excluding hydrogens is 260 g/mol. The fourth-order valence-electron chi connectivity index (χ4n) is 2.37. The number of aliphatic hydroxyl groups excluding tert-OH is 2. The number of amides is 2. The van der Waals surface area contributed by atoms with Crippen molar-refractivity contribution in [2.75, 3.05) is 26.3 Å². The molecule has 116 valence electrons. The number of hydrogen-bond acceptors (Lipinski definition) is 4. The highest BCUT2D eigenvalue weighted by molar-refractivity contribution is 5.89. The number of carbonyl (C=O) groups is 2. The summed E-state index contributed by atoms with van der Waals surface area (Å²) in [4.78, 5) is 25.8. The lowest BCUT2D eigenvalue weighted by Gasteiger charge is -2.30. The van der Waals surface area contributed by atoms with Crippen LogP contribution in [0, 0.1) is 11.8 Å². The van der Waals surface area contributed by atoms with E-state index in [0.29, 0.717) is 25.4 Å². The number of likely N-dealkylation sites (tertiary alicyclic amines) is 1. The Morgan fingerprint density at radius 1 is 1.45 bits per heavy atom. The Bertz CT molecular complexity index is 345. The maximum atomic E-state index is 12.2. The Hall–Kier alpha value is -1.14. The third-order valence-electron chi connectivity index (χ3n) is 3.84. The summed E-state index contributed by atoms with van der Waals surface area (Å²) in [6.45, 7) is 6.28. The molecule has 6 nitrogen and oxygen atoms in total. The van der Waals surface area contributed by atoms with Crippen LogP contribution in [0.1, 0.15) is 33.6 Å². The van der Waals surface area contributed by atoms with E-state index in [0.717, 1.165) is 0 Å². The molecule has 3 N–H and O–H groups in total. The summed E-state index contributed by atoms with van der Waals surface area (Å²) < 4.78 is 0. The molecule has 1 heterocycles. The van der Waals surface area contributed by atoms with Crippen molar-refractivity contribution in [3.8, 4) is 0 Å². The van der Waals surface area contributed by atoms with Gasteiger partial charge in [0.2, 0.25) is 11.8 Å². The first-order valence-corrected chi connectivity index (χ1v) is 7.19. The van der Waals surface area contributed by atoms with Gasteiger partial charge in [-0.15, -0.1) is 0 Å². The zero-order valence-corrected chi connectivity index (χ0v) is 12.6. The van der Waals surface area contributed by atoms with E-state index >= 15 is 0 Å². The quantitative estimate of drug-likeness (QED) is 0.601. The second-order valence-electron chi connectivity index (χ2n) is 6.03. The van der Waals surface area contributed by atoms with Crippen molar-refractivity contribution in [1.82, 2.24) is 10.2 Å². The maximum Gasteiger partial charge on any atom is 0.226 e. The van der Waals surface area contributed by atoms with Gasteiger partial charge in [-0.2, -0.15) is 0 Å². The Labute approximate surface area is 120 Å². The van der Waals surface area contributed by atoms with E-state index in [9.17, 15) is 19.8 Å². The van der Waals surface area contributed by atoms with Crippen LogP contribution in [0.2, 0.25) is 0 Å². The number of nitrogens with one attached hydrogen (secondary N) is 1. The fraction of sp³-hybridized carbons (Fsp3) is 0.857. The van der Waals surface area contributed by atoms with Gasteiger partial charge in [-0.05, 0) is 12.3 Å². The Balaban J connectivity index is 2.63. The van der Waals surface area contributed by atoms with E-state index < -0.39 is 11.5 Å². The van der Waals surface area contributed by atoms with Gasteiger partial charge in [0.25, 0.3) is 0 Å². The van der Waals surface area contributed by atoms with Gasteiger partial charge >= 0.3 is 0 Å². The van der Waals surface area contributed by atoms with Gasteiger partial charge in [-0.1, -0.05) is 20.8 Å². The summed E-state index contributed by atoms with van der Waals surface area (Å²) in [5.74, 6) is -0.306. The number of hydrogen-bond donors (Lipinski definition) is 3. The Morgan fingerprint density at radius 3 is 2.50 bits per heavy atom. The van der Waals surface area contributed by atoms with E-state index in [4.69, 9.17) is 0 Å². The van der Waals surface area contributed by atoms with Crippen molar-refractivity contribution in [3.63, 3.8) is 0 Å². The lowest BCUT2D eigenvalue weighted by molar-refractivity contribution is -0.130. The van der Waals surface area contributed by atoms with E-state index in [1.807, 2.05) is 13.8 Å². The standard InChI is InChI=1S/C14H26N2O4/c1-4-14(8-17,9-18)15-13(20)11-5-12(19)16(7-11)6-10(2)3/h10-11,17-18H,4-9H2,1-3H3,(H,15,20). The van der Waals surface area contributed by atoms with Gasteiger partial charge in [0.1, 0.15) is 0 Å². The molecule has 0 aromatic rings. The molecule has 1 fully saturated rings.